The predicted molar refractivity (Wildman–Crippen MR) is 301 cm³/mol. The first kappa shape index (κ1) is 67.1. The lowest BCUT2D eigenvalue weighted by atomic mass is 10.0. The van der Waals surface area contributed by atoms with Crippen LogP contribution in [0.2, 0.25) is 0 Å². The fourth-order valence-corrected chi connectivity index (χ4v) is 9.54. The molecule has 0 aliphatic rings. The number of hydrogen-bond acceptors (Lipinski definition) is 5. The van der Waals surface area contributed by atoms with Crippen molar-refractivity contribution < 1.29 is 24.5 Å². The lowest BCUT2D eigenvalue weighted by Crippen LogP contribution is -2.46. The number of rotatable bonds is 56. The zero-order chi connectivity index (χ0) is 50.2. The Morgan fingerprint density at radius 3 is 1.13 bits per heavy atom. The minimum absolute atomic E-state index is 0.0596. The van der Waals surface area contributed by atoms with E-state index in [4.69, 9.17) is 4.74 Å². The average molecular weight is 971 g/mol. The molecule has 0 spiro atoms. The Bertz CT molecular complexity index is 1130. The van der Waals surface area contributed by atoms with Gasteiger partial charge in [-0.3, -0.25) is 9.59 Å². The second-order valence-electron chi connectivity index (χ2n) is 21.1. The Morgan fingerprint density at radius 2 is 0.739 bits per heavy atom. The monoisotopic (exact) mass is 970 g/mol. The molecular formula is C63H119NO5. The fraction of sp³-hybridized carbons (Fsp3) is 0.873. The number of unbranched alkanes of at least 4 members (excludes halogenated alkanes) is 39. The number of hydrogen-bond donors (Lipinski definition) is 3. The van der Waals surface area contributed by atoms with Crippen LogP contribution in [0.4, 0.5) is 0 Å². The van der Waals surface area contributed by atoms with Gasteiger partial charge in [0.05, 0.1) is 25.2 Å². The molecule has 406 valence electrons. The molecule has 6 nitrogen and oxygen atoms in total. The molecule has 1 amide bonds. The van der Waals surface area contributed by atoms with Gasteiger partial charge in [-0.25, -0.2) is 0 Å². The molecule has 0 aliphatic carbocycles. The van der Waals surface area contributed by atoms with E-state index in [1.807, 2.05) is 0 Å². The van der Waals surface area contributed by atoms with Crippen LogP contribution in [-0.4, -0.2) is 46.9 Å². The minimum Gasteiger partial charge on any atom is -0.462 e. The third-order valence-corrected chi connectivity index (χ3v) is 14.2. The number of allylic oxidation sites excluding steroid dienone is 6. The molecule has 0 fully saturated rings. The summed E-state index contributed by atoms with van der Waals surface area (Å²) in [6, 6.07) is -0.711. The van der Waals surface area contributed by atoms with Gasteiger partial charge < -0.3 is 20.3 Å². The van der Waals surface area contributed by atoms with Gasteiger partial charge in [0.1, 0.15) is 6.10 Å². The SMILES string of the molecule is CCCCCCCCC/C=C/C=C/CCCCCC(CC(=O)NC(CO)C(O)CCCCCCCCCCCCCCCCCC)OC(=O)CCCCCCC/C=C/CCCCCCCCCCC. The first-order valence-corrected chi connectivity index (χ1v) is 30.7. The van der Waals surface area contributed by atoms with Crippen LogP contribution in [-0.2, 0) is 14.3 Å². The van der Waals surface area contributed by atoms with Gasteiger partial charge in [0.15, 0.2) is 0 Å². The smallest absolute Gasteiger partial charge is 0.306 e. The second kappa shape index (κ2) is 57.0. The van der Waals surface area contributed by atoms with Crippen LogP contribution in [0.5, 0.6) is 0 Å². The van der Waals surface area contributed by atoms with Crippen molar-refractivity contribution in [3.63, 3.8) is 0 Å². The lowest BCUT2D eigenvalue weighted by molar-refractivity contribution is -0.151. The molecule has 0 heterocycles. The minimum atomic E-state index is -0.796. The van der Waals surface area contributed by atoms with Gasteiger partial charge in [0.25, 0.3) is 0 Å². The van der Waals surface area contributed by atoms with Crippen molar-refractivity contribution in [1.29, 1.82) is 0 Å². The topological polar surface area (TPSA) is 95.9 Å². The summed E-state index contributed by atoms with van der Waals surface area (Å²) in [6.45, 7) is 6.51. The summed E-state index contributed by atoms with van der Waals surface area (Å²) < 4.78 is 5.96. The van der Waals surface area contributed by atoms with E-state index in [2.05, 4.69) is 62.5 Å². The summed E-state index contributed by atoms with van der Waals surface area (Å²) in [5.74, 6) is -0.494. The molecule has 0 saturated carbocycles. The maximum absolute atomic E-state index is 13.3. The molecule has 3 unspecified atom stereocenters. The van der Waals surface area contributed by atoms with Crippen LogP contribution in [0.1, 0.15) is 329 Å². The molecule has 0 radical (unpaired) electrons. The zero-order valence-electron chi connectivity index (χ0n) is 46.5. The van der Waals surface area contributed by atoms with Crippen LogP contribution >= 0.6 is 0 Å². The normalized spacial score (nSPS) is 13.3. The molecule has 0 aliphatic heterocycles. The Balaban J connectivity index is 4.57. The van der Waals surface area contributed by atoms with Crippen LogP contribution in [0.15, 0.2) is 36.5 Å². The van der Waals surface area contributed by atoms with Crippen molar-refractivity contribution in [1.82, 2.24) is 5.32 Å². The zero-order valence-corrected chi connectivity index (χ0v) is 46.5. The lowest BCUT2D eigenvalue weighted by Gasteiger charge is -2.24. The number of aliphatic hydroxyl groups is 2. The van der Waals surface area contributed by atoms with Gasteiger partial charge in [-0.15, -0.1) is 0 Å². The molecule has 0 aromatic heterocycles. The molecule has 3 atom stereocenters. The van der Waals surface area contributed by atoms with E-state index in [0.29, 0.717) is 19.3 Å². The maximum atomic E-state index is 13.3. The van der Waals surface area contributed by atoms with Gasteiger partial charge in [0.2, 0.25) is 5.91 Å². The average Bonchev–Trinajstić information content (AvgIpc) is 3.34. The van der Waals surface area contributed by atoms with E-state index in [1.165, 1.54) is 205 Å². The Kier molecular flexibility index (Phi) is 55.4. The van der Waals surface area contributed by atoms with E-state index < -0.39 is 18.2 Å². The highest BCUT2D eigenvalue weighted by atomic mass is 16.5. The molecule has 0 rings (SSSR count). The maximum Gasteiger partial charge on any atom is 0.306 e. The highest BCUT2D eigenvalue weighted by Gasteiger charge is 2.24. The predicted octanol–water partition coefficient (Wildman–Crippen LogP) is 19.2. The molecule has 3 N–H and O–H groups in total. The Labute approximate surface area is 430 Å². The number of carbonyl (C=O) groups is 2. The highest BCUT2D eigenvalue weighted by molar-refractivity contribution is 5.77. The van der Waals surface area contributed by atoms with Gasteiger partial charge >= 0.3 is 5.97 Å². The van der Waals surface area contributed by atoms with E-state index in [1.54, 1.807) is 0 Å². The largest absolute Gasteiger partial charge is 0.462 e. The van der Waals surface area contributed by atoms with E-state index in [-0.39, 0.29) is 24.9 Å². The van der Waals surface area contributed by atoms with Crippen molar-refractivity contribution in [2.45, 2.75) is 347 Å². The molecule has 0 saturated heterocycles. The van der Waals surface area contributed by atoms with Crippen LogP contribution in [0, 0.1) is 0 Å². The summed E-state index contributed by atoms with van der Waals surface area (Å²) in [4.78, 5) is 26.3. The van der Waals surface area contributed by atoms with Crippen LogP contribution in [0.3, 0.4) is 0 Å². The standard InChI is InChI=1S/C63H119NO5/c1-4-7-10-13-16-19-22-25-28-31-32-35-38-41-44-47-50-53-56-63(68)69-59(54-51-48-45-42-39-36-33-29-26-23-20-17-14-11-8-5-2)57-62(67)64-60(58-65)61(66)55-52-49-46-43-40-37-34-30-27-24-21-18-15-12-9-6-3/h29,32-33,35-36,39,59-61,65-66H,4-28,30-31,34,37-38,40-58H2,1-3H3,(H,64,67)/b33-29+,35-32+,39-36+. The van der Waals surface area contributed by atoms with Crippen molar-refractivity contribution in [2.24, 2.45) is 0 Å². The third-order valence-electron chi connectivity index (χ3n) is 14.2. The molecule has 0 aromatic rings. The molecular weight excluding hydrogens is 851 g/mol. The Morgan fingerprint density at radius 1 is 0.420 bits per heavy atom. The van der Waals surface area contributed by atoms with Crippen LogP contribution in [0.25, 0.3) is 0 Å². The van der Waals surface area contributed by atoms with E-state index in [0.717, 1.165) is 77.0 Å². The first-order chi connectivity index (χ1) is 34.0. The number of ether oxygens (including phenoxy) is 1. The Hall–Kier alpha value is -1.92. The molecule has 69 heavy (non-hydrogen) atoms. The highest BCUT2D eigenvalue weighted by Crippen LogP contribution is 2.18. The van der Waals surface area contributed by atoms with Gasteiger partial charge in [-0.2, -0.15) is 0 Å². The van der Waals surface area contributed by atoms with E-state index in [9.17, 15) is 19.8 Å². The fourth-order valence-electron chi connectivity index (χ4n) is 9.54. The number of nitrogens with one attached hydrogen (secondary N) is 1. The summed E-state index contributed by atoms with van der Waals surface area (Å²) in [7, 11) is 0. The molecule has 0 bridgehead atoms. The number of esters is 1. The summed E-state index contributed by atoms with van der Waals surface area (Å²) in [5, 5.41) is 23.9. The van der Waals surface area contributed by atoms with Gasteiger partial charge in [-0.05, 0) is 77.0 Å². The summed E-state index contributed by atoms with van der Waals surface area (Å²) >= 11 is 0. The number of aliphatic hydroxyl groups excluding tert-OH is 2. The van der Waals surface area contributed by atoms with Crippen LogP contribution < -0.4 is 5.32 Å². The van der Waals surface area contributed by atoms with Crippen molar-refractivity contribution in [2.75, 3.05) is 6.61 Å². The molecule has 6 heteroatoms. The quantitative estimate of drug-likeness (QED) is 0.0244. The van der Waals surface area contributed by atoms with Gasteiger partial charge in [0, 0.05) is 6.42 Å². The third kappa shape index (κ3) is 52.2. The van der Waals surface area contributed by atoms with Crippen molar-refractivity contribution >= 4 is 11.9 Å². The second-order valence-corrected chi connectivity index (χ2v) is 21.1. The van der Waals surface area contributed by atoms with Gasteiger partial charge in [-0.1, -0.05) is 276 Å². The van der Waals surface area contributed by atoms with E-state index >= 15 is 0 Å². The number of carbonyl (C=O) groups excluding carboxylic acids is 2. The summed E-state index contributed by atoms with van der Waals surface area (Å²) in [5.41, 5.74) is 0. The van der Waals surface area contributed by atoms with Crippen molar-refractivity contribution in [3.05, 3.63) is 36.5 Å². The molecule has 0 aromatic carbocycles. The number of amides is 1. The first-order valence-electron chi connectivity index (χ1n) is 30.7. The van der Waals surface area contributed by atoms with Crippen molar-refractivity contribution in [3.8, 4) is 0 Å². The summed E-state index contributed by atoms with van der Waals surface area (Å²) in [6.07, 6.45) is 69.3.